The third-order valence-corrected chi connectivity index (χ3v) is 7.84. The molecular formula is C27H34N4O4S2. The summed E-state index contributed by atoms with van der Waals surface area (Å²) in [4.78, 5) is 40.9. The van der Waals surface area contributed by atoms with Crippen LogP contribution in [-0.4, -0.2) is 40.2 Å². The Labute approximate surface area is 226 Å². The van der Waals surface area contributed by atoms with E-state index < -0.39 is 10.9 Å². The fourth-order valence-electron chi connectivity index (χ4n) is 3.77. The van der Waals surface area contributed by atoms with Crippen molar-refractivity contribution in [3.63, 3.8) is 0 Å². The van der Waals surface area contributed by atoms with Crippen molar-refractivity contribution in [1.29, 1.82) is 5.26 Å². The zero-order valence-electron chi connectivity index (χ0n) is 22.0. The fourth-order valence-corrected chi connectivity index (χ4v) is 5.91. The van der Waals surface area contributed by atoms with E-state index in [-0.39, 0.29) is 17.9 Å². The van der Waals surface area contributed by atoms with Crippen molar-refractivity contribution in [1.82, 2.24) is 4.90 Å². The standard InChI is InChI=1S/C27H34N4O4S2/c1-6-7-11-23(32)29-18-9-8-10-19(14-18)36-17(2)24(33)30-25-21(15-28)20-12-13-31(16-22(20)37-25)26(34)35-27(3,4)5/h8-10,14,17H,6-7,11-13,16H2,1-5H3,(H,29,32)(H,30,33). The van der Waals surface area contributed by atoms with Gasteiger partial charge in [-0.05, 0) is 64.3 Å². The van der Waals surface area contributed by atoms with E-state index in [4.69, 9.17) is 4.74 Å². The molecule has 0 saturated heterocycles. The van der Waals surface area contributed by atoms with Crippen LogP contribution in [0.1, 0.15) is 69.9 Å². The summed E-state index contributed by atoms with van der Waals surface area (Å²) in [6.07, 6.45) is 2.43. The minimum absolute atomic E-state index is 0.0225. The molecule has 10 heteroatoms. The minimum atomic E-state index is -0.586. The normalized spacial score (nSPS) is 13.8. The molecule has 0 aliphatic carbocycles. The SMILES string of the molecule is CCCCC(=O)Nc1cccc(SC(C)C(=O)Nc2sc3c(c2C#N)CCN(C(=O)OC(C)(C)C)C3)c1. The van der Waals surface area contributed by atoms with E-state index in [1.54, 1.807) is 11.8 Å². The summed E-state index contributed by atoms with van der Waals surface area (Å²) in [6.45, 7) is 10.1. The second kappa shape index (κ2) is 12.5. The molecule has 198 valence electrons. The topological polar surface area (TPSA) is 112 Å². The number of thiophene rings is 1. The Kier molecular flexibility index (Phi) is 9.62. The van der Waals surface area contributed by atoms with Gasteiger partial charge in [0.1, 0.15) is 16.7 Å². The molecule has 0 fully saturated rings. The van der Waals surface area contributed by atoms with Crippen LogP contribution >= 0.6 is 23.1 Å². The fraction of sp³-hybridized carbons (Fsp3) is 0.481. The van der Waals surface area contributed by atoms with E-state index in [1.807, 2.05) is 52.0 Å². The van der Waals surface area contributed by atoms with Crippen molar-refractivity contribution in [2.45, 2.75) is 82.6 Å². The summed E-state index contributed by atoms with van der Waals surface area (Å²) < 4.78 is 5.49. The highest BCUT2D eigenvalue weighted by atomic mass is 32.2. The number of unbranched alkanes of at least 4 members (excludes halogenated alkanes) is 1. The van der Waals surface area contributed by atoms with Crippen molar-refractivity contribution in [3.05, 3.63) is 40.3 Å². The van der Waals surface area contributed by atoms with Gasteiger partial charge in [0.05, 0.1) is 17.4 Å². The van der Waals surface area contributed by atoms with Crippen LogP contribution in [0, 0.1) is 11.3 Å². The number of nitrogens with zero attached hydrogens (tertiary/aromatic N) is 2. The highest BCUT2D eigenvalue weighted by Crippen LogP contribution is 2.37. The van der Waals surface area contributed by atoms with E-state index in [9.17, 15) is 19.6 Å². The maximum absolute atomic E-state index is 13.0. The summed E-state index contributed by atoms with van der Waals surface area (Å²) >= 11 is 2.71. The Morgan fingerprint density at radius 3 is 2.70 bits per heavy atom. The molecule has 0 bridgehead atoms. The molecule has 0 saturated carbocycles. The van der Waals surface area contributed by atoms with Gasteiger partial charge in [0.25, 0.3) is 0 Å². The number of ether oxygens (including phenoxy) is 1. The van der Waals surface area contributed by atoms with E-state index in [2.05, 4.69) is 16.7 Å². The highest BCUT2D eigenvalue weighted by molar-refractivity contribution is 8.00. The molecule has 1 aliphatic rings. The lowest BCUT2D eigenvalue weighted by atomic mass is 10.0. The number of nitrogens with one attached hydrogen (secondary N) is 2. The average Bonchev–Trinajstić information content (AvgIpc) is 3.17. The number of hydrogen-bond donors (Lipinski definition) is 2. The number of carbonyl (C=O) groups excluding carboxylic acids is 3. The summed E-state index contributed by atoms with van der Waals surface area (Å²) in [6, 6.07) is 9.66. The average molecular weight is 543 g/mol. The zero-order valence-corrected chi connectivity index (χ0v) is 23.6. The third kappa shape index (κ3) is 7.98. The Morgan fingerprint density at radius 2 is 2.03 bits per heavy atom. The van der Waals surface area contributed by atoms with Crippen LogP contribution < -0.4 is 10.6 Å². The van der Waals surface area contributed by atoms with E-state index in [1.165, 1.54) is 23.1 Å². The van der Waals surface area contributed by atoms with Gasteiger partial charge >= 0.3 is 6.09 Å². The van der Waals surface area contributed by atoms with Gasteiger partial charge in [-0.3, -0.25) is 9.59 Å². The van der Waals surface area contributed by atoms with Crippen LogP contribution in [0.5, 0.6) is 0 Å². The molecule has 0 spiro atoms. The predicted octanol–water partition coefficient (Wildman–Crippen LogP) is 6.16. The second-order valence-electron chi connectivity index (χ2n) is 9.90. The van der Waals surface area contributed by atoms with E-state index >= 15 is 0 Å². The van der Waals surface area contributed by atoms with E-state index in [0.29, 0.717) is 42.2 Å². The molecule has 3 amide bonds. The minimum Gasteiger partial charge on any atom is -0.444 e. The maximum Gasteiger partial charge on any atom is 0.410 e. The molecule has 3 rings (SSSR count). The van der Waals surface area contributed by atoms with Crippen LogP contribution in [-0.2, 0) is 27.3 Å². The zero-order chi connectivity index (χ0) is 27.2. The first-order chi connectivity index (χ1) is 17.5. The monoisotopic (exact) mass is 542 g/mol. The molecule has 0 radical (unpaired) electrons. The first-order valence-corrected chi connectivity index (χ1v) is 14.1. The summed E-state index contributed by atoms with van der Waals surface area (Å²) in [7, 11) is 0. The van der Waals surface area contributed by atoms with Crippen LogP contribution in [0.15, 0.2) is 29.2 Å². The molecule has 1 atom stereocenters. The van der Waals surface area contributed by atoms with Crippen molar-refractivity contribution >= 4 is 51.7 Å². The number of anilines is 2. The number of fused-ring (bicyclic) bond motifs is 1. The van der Waals surface area contributed by atoms with Crippen molar-refractivity contribution in [2.75, 3.05) is 17.2 Å². The largest absolute Gasteiger partial charge is 0.444 e. The quantitative estimate of drug-likeness (QED) is 0.386. The van der Waals surface area contributed by atoms with Gasteiger partial charge in [-0.2, -0.15) is 5.26 Å². The van der Waals surface area contributed by atoms with Gasteiger partial charge in [0, 0.05) is 28.4 Å². The number of rotatable bonds is 8. The lowest BCUT2D eigenvalue weighted by Gasteiger charge is -2.29. The van der Waals surface area contributed by atoms with Crippen LogP contribution in [0.2, 0.25) is 0 Å². The summed E-state index contributed by atoms with van der Waals surface area (Å²) in [5.41, 5.74) is 1.46. The molecule has 1 aromatic carbocycles. The summed E-state index contributed by atoms with van der Waals surface area (Å²) in [5.74, 6) is -0.243. The van der Waals surface area contributed by atoms with Gasteiger partial charge in [-0.25, -0.2) is 4.79 Å². The molecule has 2 aromatic rings. The third-order valence-electron chi connectivity index (χ3n) is 5.61. The maximum atomic E-state index is 13.0. The Bertz CT molecular complexity index is 1200. The molecule has 8 nitrogen and oxygen atoms in total. The number of nitriles is 1. The number of thioether (sulfide) groups is 1. The van der Waals surface area contributed by atoms with Crippen molar-refractivity contribution in [2.24, 2.45) is 0 Å². The van der Waals surface area contributed by atoms with Crippen LogP contribution in [0.3, 0.4) is 0 Å². The van der Waals surface area contributed by atoms with E-state index in [0.717, 1.165) is 28.2 Å². The summed E-state index contributed by atoms with van der Waals surface area (Å²) in [5, 5.41) is 15.7. The molecule has 1 aromatic heterocycles. The molecular weight excluding hydrogens is 508 g/mol. The van der Waals surface area contributed by atoms with Crippen molar-refractivity contribution in [3.8, 4) is 6.07 Å². The predicted molar refractivity (Wildman–Crippen MR) is 148 cm³/mol. The first-order valence-electron chi connectivity index (χ1n) is 12.4. The van der Waals surface area contributed by atoms with Gasteiger partial charge in [0.2, 0.25) is 11.8 Å². The number of amides is 3. The lowest BCUT2D eigenvalue weighted by Crippen LogP contribution is -2.39. The molecule has 2 heterocycles. The Morgan fingerprint density at radius 1 is 1.27 bits per heavy atom. The van der Waals surface area contributed by atoms with Crippen LogP contribution in [0.25, 0.3) is 0 Å². The van der Waals surface area contributed by atoms with Gasteiger partial charge < -0.3 is 20.3 Å². The van der Waals surface area contributed by atoms with Gasteiger partial charge in [0.15, 0.2) is 0 Å². The first kappa shape index (κ1) is 28.5. The molecule has 37 heavy (non-hydrogen) atoms. The van der Waals surface area contributed by atoms with Crippen LogP contribution in [0.4, 0.5) is 15.5 Å². The van der Waals surface area contributed by atoms with Gasteiger partial charge in [-0.15, -0.1) is 23.1 Å². The number of benzene rings is 1. The number of carbonyl (C=O) groups is 3. The smallest absolute Gasteiger partial charge is 0.410 e. The van der Waals surface area contributed by atoms with Crippen molar-refractivity contribution < 1.29 is 19.1 Å². The Hall–Kier alpha value is -3.03. The molecule has 1 unspecified atom stereocenters. The highest BCUT2D eigenvalue weighted by Gasteiger charge is 2.30. The van der Waals surface area contributed by atoms with Gasteiger partial charge in [-0.1, -0.05) is 19.4 Å². The molecule has 1 aliphatic heterocycles. The molecule has 2 N–H and O–H groups in total. The Balaban J connectivity index is 1.65. The lowest BCUT2D eigenvalue weighted by molar-refractivity contribution is -0.116. The second-order valence-corrected chi connectivity index (χ2v) is 12.4. The number of hydrogen-bond acceptors (Lipinski definition) is 7.